The lowest BCUT2D eigenvalue weighted by molar-refractivity contribution is 0.152. The van der Waals surface area contributed by atoms with Gasteiger partial charge in [-0.25, -0.2) is 13.2 Å². The Kier molecular flexibility index (Phi) is 3.74. The molecule has 1 fully saturated rings. The lowest BCUT2D eigenvalue weighted by Crippen LogP contribution is -2.34. The number of hydrogen-bond acceptors (Lipinski definition) is 4. The summed E-state index contributed by atoms with van der Waals surface area (Å²) >= 11 is 0. The molecule has 1 rings (SSSR count). The number of amides is 1. The monoisotopic (exact) mass is 221 g/mol. The molecule has 1 heterocycles. The van der Waals surface area contributed by atoms with E-state index in [1.54, 1.807) is 6.92 Å². The third-order valence-corrected chi connectivity index (χ3v) is 4.49. The fraction of sp³-hybridized carbons (Fsp3) is 0.875. The molecule has 1 aliphatic heterocycles. The van der Waals surface area contributed by atoms with Crippen LogP contribution in [0.15, 0.2) is 0 Å². The first kappa shape index (κ1) is 11.3. The van der Waals surface area contributed by atoms with Crippen molar-refractivity contribution in [3.8, 4) is 0 Å². The maximum atomic E-state index is 11.3. The number of carbonyl (C=O) groups is 1. The molecule has 1 saturated heterocycles. The van der Waals surface area contributed by atoms with E-state index in [1.165, 1.54) is 0 Å². The number of carbonyl (C=O) groups excluding carboxylic acids is 1. The zero-order valence-electron chi connectivity index (χ0n) is 8.15. The Labute approximate surface area is 83.7 Å². The molecule has 82 valence electrons. The van der Waals surface area contributed by atoms with Gasteiger partial charge >= 0.3 is 6.09 Å². The molecular weight excluding hydrogens is 206 g/mol. The normalized spacial score (nSPS) is 24.5. The zero-order valence-corrected chi connectivity index (χ0v) is 8.97. The summed E-state index contributed by atoms with van der Waals surface area (Å²) in [5, 5.41) is 2.02. The van der Waals surface area contributed by atoms with Gasteiger partial charge in [0, 0.05) is 6.54 Å². The van der Waals surface area contributed by atoms with Crippen molar-refractivity contribution in [2.75, 3.05) is 18.9 Å². The number of alkyl carbamates (subject to hydrolysis) is 1. The van der Waals surface area contributed by atoms with Gasteiger partial charge in [0.15, 0.2) is 9.84 Å². The van der Waals surface area contributed by atoms with E-state index in [4.69, 9.17) is 0 Å². The third-order valence-electron chi connectivity index (χ3n) is 2.21. The molecule has 0 aromatic heterocycles. The van der Waals surface area contributed by atoms with Crippen molar-refractivity contribution in [2.45, 2.75) is 25.0 Å². The van der Waals surface area contributed by atoms with Crippen molar-refractivity contribution in [3.05, 3.63) is 0 Å². The first-order valence-electron chi connectivity index (χ1n) is 4.68. The zero-order chi connectivity index (χ0) is 10.6. The maximum Gasteiger partial charge on any atom is 0.407 e. The highest BCUT2D eigenvalue weighted by molar-refractivity contribution is 7.92. The van der Waals surface area contributed by atoms with Gasteiger partial charge in [-0.3, -0.25) is 0 Å². The molecule has 1 atom stereocenters. The van der Waals surface area contributed by atoms with Crippen LogP contribution in [0.4, 0.5) is 4.79 Å². The molecule has 1 unspecified atom stereocenters. The Morgan fingerprint density at radius 2 is 2.29 bits per heavy atom. The summed E-state index contributed by atoms with van der Waals surface area (Å²) in [6.45, 7) is 2.16. The minimum absolute atomic E-state index is 0.168. The molecule has 0 aromatic carbocycles. The van der Waals surface area contributed by atoms with Crippen molar-refractivity contribution in [1.82, 2.24) is 5.32 Å². The molecule has 0 spiro atoms. The van der Waals surface area contributed by atoms with E-state index < -0.39 is 21.2 Å². The van der Waals surface area contributed by atoms with E-state index in [2.05, 4.69) is 10.1 Å². The Balaban J connectivity index is 2.35. The van der Waals surface area contributed by atoms with Crippen LogP contribution in [0.5, 0.6) is 0 Å². The molecule has 0 radical (unpaired) electrons. The van der Waals surface area contributed by atoms with Gasteiger partial charge in [-0.15, -0.1) is 0 Å². The molecule has 5 nitrogen and oxygen atoms in total. The predicted molar refractivity (Wildman–Crippen MR) is 51.8 cm³/mol. The lowest BCUT2D eigenvalue weighted by atomic mass is 10.2. The lowest BCUT2D eigenvalue weighted by Gasteiger charge is -2.10. The minimum atomic E-state index is -2.97. The van der Waals surface area contributed by atoms with Gasteiger partial charge in [0.05, 0.1) is 17.6 Å². The largest absolute Gasteiger partial charge is 0.450 e. The van der Waals surface area contributed by atoms with Gasteiger partial charge in [0.25, 0.3) is 0 Å². The van der Waals surface area contributed by atoms with Crippen molar-refractivity contribution < 1.29 is 17.9 Å². The van der Waals surface area contributed by atoms with Gasteiger partial charge < -0.3 is 10.1 Å². The van der Waals surface area contributed by atoms with Crippen LogP contribution in [-0.4, -0.2) is 38.7 Å². The average molecular weight is 221 g/mol. The van der Waals surface area contributed by atoms with E-state index in [-0.39, 0.29) is 12.3 Å². The molecular formula is C8H15NO4S. The number of sulfone groups is 1. The van der Waals surface area contributed by atoms with Crippen molar-refractivity contribution in [1.29, 1.82) is 0 Å². The van der Waals surface area contributed by atoms with Crippen LogP contribution < -0.4 is 5.32 Å². The highest BCUT2D eigenvalue weighted by Crippen LogP contribution is 2.18. The molecule has 6 heteroatoms. The fourth-order valence-electron chi connectivity index (χ4n) is 1.47. The molecule has 1 amide bonds. The summed E-state index contributed by atoms with van der Waals surface area (Å²) < 4.78 is 27.3. The van der Waals surface area contributed by atoms with Crippen LogP contribution in [0, 0.1) is 0 Å². The quantitative estimate of drug-likeness (QED) is 0.744. The highest BCUT2D eigenvalue weighted by atomic mass is 32.2. The van der Waals surface area contributed by atoms with Crippen LogP contribution >= 0.6 is 0 Å². The van der Waals surface area contributed by atoms with Crippen LogP contribution in [-0.2, 0) is 14.6 Å². The first-order valence-corrected chi connectivity index (χ1v) is 6.40. The van der Waals surface area contributed by atoms with Gasteiger partial charge in [0.1, 0.15) is 0 Å². The van der Waals surface area contributed by atoms with Gasteiger partial charge in [-0.1, -0.05) is 0 Å². The van der Waals surface area contributed by atoms with Crippen LogP contribution in [0.2, 0.25) is 0 Å². The fourth-order valence-corrected chi connectivity index (χ4v) is 3.23. The van der Waals surface area contributed by atoms with Crippen LogP contribution in [0.1, 0.15) is 19.8 Å². The van der Waals surface area contributed by atoms with E-state index in [1.807, 2.05) is 0 Å². The maximum absolute atomic E-state index is 11.3. The summed E-state index contributed by atoms with van der Waals surface area (Å²) in [5.41, 5.74) is 0. The summed E-state index contributed by atoms with van der Waals surface area (Å²) in [7, 11) is -2.97. The third kappa shape index (κ3) is 2.87. The minimum Gasteiger partial charge on any atom is -0.450 e. The second-order valence-electron chi connectivity index (χ2n) is 3.23. The van der Waals surface area contributed by atoms with Gasteiger partial charge in [-0.05, 0) is 19.8 Å². The second-order valence-corrected chi connectivity index (χ2v) is 5.63. The van der Waals surface area contributed by atoms with E-state index in [9.17, 15) is 13.2 Å². The van der Waals surface area contributed by atoms with Gasteiger partial charge in [-0.2, -0.15) is 0 Å². The molecule has 14 heavy (non-hydrogen) atoms. The molecule has 0 bridgehead atoms. The summed E-state index contributed by atoms with van der Waals surface area (Å²) in [6.07, 6.45) is 0.779. The molecule has 0 aliphatic carbocycles. The molecule has 0 saturated carbocycles. The van der Waals surface area contributed by atoms with Gasteiger partial charge in [0.2, 0.25) is 0 Å². The number of nitrogens with one attached hydrogen (secondary N) is 1. The predicted octanol–water partition coefficient (Wildman–Crippen LogP) is 0.310. The summed E-state index contributed by atoms with van der Waals surface area (Å²) in [6, 6.07) is 0. The van der Waals surface area contributed by atoms with Crippen LogP contribution in [0.25, 0.3) is 0 Å². The Bertz CT molecular complexity index is 298. The number of ether oxygens (including phenoxy) is 1. The average Bonchev–Trinajstić information content (AvgIpc) is 2.42. The topological polar surface area (TPSA) is 72.5 Å². The second kappa shape index (κ2) is 4.63. The van der Waals surface area contributed by atoms with Crippen molar-refractivity contribution in [3.63, 3.8) is 0 Å². The standard InChI is InChI=1S/C8H15NO4S/c1-2-13-8(10)9-6-7-4-3-5-14(7,11)12/h7H,2-6H2,1H3,(H,9,10). The smallest absolute Gasteiger partial charge is 0.407 e. The summed E-state index contributed by atoms with van der Waals surface area (Å²) in [5.74, 6) is 0.238. The Morgan fingerprint density at radius 1 is 1.57 bits per heavy atom. The number of hydrogen-bond donors (Lipinski definition) is 1. The van der Waals surface area contributed by atoms with Crippen molar-refractivity contribution in [2.24, 2.45) is 0 Å². The Morgan fingerprint density at radius 3 is 2.79 bits per heavy atom. The van der Waals surface area contributed by atoms with E-state index in [0.29, 0.717) is 19.4 Å². The van der Waals surface area contributed by atoms with Crippen LogP contribution in [0.3, 0.4) is 0 Å². The molecule has 0 aromatic rings. The van der Waals surface area contributed by atoms with E-state index >= 15 is 0 Å². The van der Waals surface area contributed by atoms with Crippen molar-refractivity contribution >= 4 is 15.9 Å². The first-order chi connectivity index (χ1) is 6.56. The van der Waals surface area contributed by atoms with E-state index in [0.717, 1.165) is 0 Å². The Hall–Kier alpha value is -0.780. The molecule has 1 aliphatic rings. The molecule has 1 N–H and O–H groups in total. The highest BCUT2D eigenvalue weighted by Gasteiger charge is 2.31. The summed E-state index contributed by atoms with van der Waals surface area (Å²) in [4.78, 5) is 10.9. The SMILES string of the molecule is CCOC(=O)NCC1CCCS1(=O)=O. The number of rotatable bonds is 3.